The van der Waals surface area contributed by atoms with E-state index in [1.54, 1.807) is 6.07 Å². The Balaban J connectivity index is 1.58. The molecular formula is C27H17FN4O2S. The molecule has 0 spiro atoms. The second-order valence-corrected chi connectivity index (χ2v) is 8.32. The topological polar surface area (TPSA) is 78.1 Å². The number of rotatable bonds is 4. The van der Waals surface area contributed by atoms with E-state index in [0.29, 0.717) is 23.4 Å². The number of nitrogens with zero attached hydrogens (tertiary/aromatic N) is 3. The maximum Gasteiger partial charge on any atom is 0.270 e. The minimum absolute atomic E-state index is 0.0701. The van der Waals surface area contributed by atoms with Crippen LogP contribution in [0.5, 0.6) is 0 Å². The van der Waals surface area contributed by atoms with Gasteiger partial charge in [-0.25, -0.2) is 4.39 Å². The number of nitrogens with one attached hydrogen (secondary N) is 1. The lowest BCUT2D eigenvalue weighted by molar-refractivity contribution is -0.122. The van der Waals surface area contributed by atoms with E-state index in [-0.39, 0.29) is 10.7 Å². The molecule has 2 amide bonds. The van der Waals surface area contributed by atoms with Crippen molar-refractivity contribution < 1.29 is 14.0 Å². The van der Waals surface area contributed by atoms with E-state index in [2.05, 4.69) is 11.4 Å². The van der Waals surface area contributed by atoms with Gasteiger partial charge in [-0.2, -0.15) is 5.26 Å². The normalized spacial score (nSPS) is 14.9. The summed E-state index contributed by atoms with van der Waals surface area (Å²) in [6, 6.07) is 22.5. The molecule has 1 fully saturated rings. The number of carbonyl (C=O) groups is 2. The molecule has 0 aliphatic carbocycles. The predicted octanol–water partition coefficient (Wildman–Crippen LogP) is 4.53. The van der Waals surface area contributed by atoms with E-state index in [9.17, 15) is 19.2 Å². The zero-order chi connectivity index (χ0) is 24.5. The average Bonchev–Trinajstić information content (AvgIpc) is 3.20. The Labute approximate surface area is 205 Å². The van der Waals surface area contributed by atoms with E-state index in [1.807, 2.05) is 53.2 Å². The summed E-state index contributed by atoms with van der Waals surface area (Å²) in [5.74, 6) is -1.66. The third kappa shape index (κ3) is 4.09. The van der Waals surface area contributed by atoms with Crippen molar-refractivity contribution >= 4 is 51.8 Å². The van der Waals surface area contributed by atoms with E-state index in [1.165, 1.54) is 35.2 Å². The molecule has 1 N–H and O–H groups in total. The molecule has 1 aliphatic heterocycles. The van der Waals surface area contributed by atoms with Crippen LogP contribution in [0.4, 0.5) is 10.1 Å². The summed E-state index contributed by atoms with van der Waals surface area (Å²) in [6.07, 6.45) is 3.38. The molecule has 0 unspecified atom stereocenters. The van der Waals surface area contributed by atoms with Crippen molar-refractivity contribution in [3.8, 4) is 6.07 Å². The summed E-state index contributed by atoms with van der Waals surface area (Å²) in [5.41, 5.74) is 3.25. The number of thiocarbonyl (C=S) groups is 1. The number of halogens is 1. The van der Waals surface area contributed by atoms with Gasteiger partial charge in [0.1, 0.15) is 11.4 Å². The van der Waals surface area contributed by atoms with E-state index < -0.39 is 17.6 Å². The van der Waals surface area contributed by atoms with Crippen LogP contribution in [0.25, 0.3) is 17.0 Å². The molecule has 1 saturated heterocycles. The van der Waals surface area contributed by atoms with Gasteiger partial charge in [0.15, 0.2) is 5.11 Å². The molecule has 5 rings (SSSR count). The molecule has 0 saturated carbocycles. The molecule has 170 valence electrons. The molecule has 6 nitrogen and oxygen atoms in total. The third-order valence-electron chi connectivity index (χ3n) is 5.78. The molecule has 3 aromatic carbocycles. The number of para-hydroxylation sites is 1. The lowest BCUT2D eigenvalue weighted by Gasteiger charge is -2.28. The Morgan fingerprint density at radius 3 is 2.49 bits per heavy atom. The van der Waals surface area contributed by atoms with Gasteiger partial charge in [-0.3, -0.25) is 19.8 Å². The summed E-state index contributed by atoms with van der Waals surface area (Å²) in [7, 11) is 0. The third-order valence-corrected chi connectivity index (χ3v) is 6.07. The zero-order valence-corrected chi connectivity index (χ0v) is 19.1. The van der Waals surface area contributed by atoms with Crippen LogP contribution in [0.2, 0.25) is 0 Å². The van der Waals surface area contributed by atoms with Crippen LogP contribution in [-0.4, -0.2) is 21.5 Å². The molecule has 0 radical (unpaired) electrons. The highest BCUT2D eigenvalue weighted by Crippen LogP contribution is 2.27. The van der Waals surface area contributed by atoms with Crippen molar-refractivity contribution in [1.29, 1.82) is 5.26 Å². The first-order valence-electron chi connectivity index (χ1n) is 10.7. The molecule has 1 aliphatic rings. The van der Waals surface area contributed by atoms with Crippen LogP contribution in [0.1, 0.15) is 16.7 Å². The zero-order valence-electron chi connectivity index (χ0n) is 18.2. The van der Waals surface area contributed by atoms with Gasteiger partial charge in [-0.15, -0.1) is 0 Å². The van der Waals surface area contributed by atoms with Crippen LogP contribution in [0.15, 0.2) is 84.6 Å². The SMILES string of the molecule is N#Cc1ccccc1Cn1cc(/C=C2/C(=O)NC(=S)N(c3ccc(F)cc3)C2=O)c2ccccc21. The van der Waals surface area contributed by atoms with Gasteiger partial charge in [0.05, 0.1) is 17.3 Å². The monoisotopic (exact) mass is 480 g/mol. The predicted molar refractivity (Wildman–Crippen MR) is 135 cm³/mol. The first-order valence-corrected chi connectivity index (χ1v) is 11.1. The number of hydrogen-bond acceptors (Lipinski definition) is 4. The van der Waals surface area contributed by atoms with Crippen LogP contribution < -0.4 is 10.2 Å². The molecule has 0 bridgehead atoms. The minimum atomic E-state index is -0.606. The lowest BCUT2D eigenvalue weighted by Crippen LogP contribution is -2.54. The van der Waals surface area contributed by atoms with Crippen molar-refractivity contribution in [1.82, 2.24) is 9.88 Å². The van der Waals surface area contributed by atoms with E-state index in [0.717, 1.165) is 16.5 Å². The highest BCUT2D eigenvalue weighted by Gasteiger charge is 2.34. The largest absolute Gasteiger partial charge is 0.342 e. The fraction of sp³-hybridized carbons (Fsp3) is 0.0370. The van der Waals surface area contributed by atoms with Crippen molar-refractivity contribution in [2.75, 3.05) is 4.90 Å². The van der Waals surface area contributed by atoms with Gasteiger partial charge < -0.3 is 4.57 Å². The number of carbonyl (C=O) groups excluding carboxylic acids is 2. The summed E-state index contributed by atoms with van der Waals surface area (Å²) in [6.45, 7) is 0.444. The second-order valence-electron chi connectivity index (χ2n) is 7.93. The Morgan fingerprint density at radius 1 is 1.00 bits per heavy atom. The highest BCUT2D eigenvalue weighted by molar-refractivity contribution is 7.80. The highest BCUT2D eigenvalue weighted by atomic mass is 32.1. The van der Waals surface area contributed by atoms with Gasteiger partial charge in [0, 0.05) is 29.2 Å². The van der Waals surface area contributed by atoms with Crippen molar-refractivity contribution in [2.45, 2.75) is 6.54 Å². The Bertz CT molecular complexity index is 1580. The van der Waals surface area contributed by atoms with Crippen LogP contribution in [0, 0.1) is 17.1 Å². The van der Waals surface area contributed by atoms with Gasteiger partial charge in [0.2, 0.25) is 0 Å². The van der Waals surface area contributed by atoms with Crippen molar-refractivity contribution in [2.24, 2.45) is 0 Å². The first kappa shape index (κ1) is 22.2. The number of hydrogen-bond donors (Lipinski definition) is 1. The Morgan fingerprint density at radius 2 is 1.71 bits per heavy atom. The number of anilines is 1. The Hall–Kier alpha value is -4.61. The summed E-state index contributed by atoms with van der Waals surface area (Å²) in [4.78, 5) is 27.2. The number of aromatic nitrogens is 1. The number of amides is 2. The fourth-order valence-corrected chi connectivity index (χ4v) is 4.39. The number of benzene rings is 3. The Kier molecular flexibility index (Phi) is 5.69. The van der Waals surface area contributed by atoms with Crippen LogP contribution >= 0.6 is 12.2 Å². The molecular weight excluding hydrogens is 463 g/mol. The standard InChI is InChI=1S/C27H17FN4O2S/c28-20-9-11-21(12-10-20)32-26(34)23(25(33)30-27(32)35)13-19-16-31(24-8-4-3-7-22(19)24)15-18-6-2-1-5-17(18)14-29/h1-13,16H,15H2,(H,30,33,35)/b23-13-. The average molecular weight is 481 g/mol. The van der Waals surface area contributed by atoms with Gasteiger partial charge in [0.25, 0.3) is 11.8 Å². The van der Waals surface area contributed by atoms with E-state index >= 15 is 0 Å². The van der Waals surface area contributed by atoms with E-state index in [4.69, 9.17) is 12.2 Å². The summed E-state index contributed by atoms with van der Waals surface area (Å²) < 4.78 is 15.4. The first-order chi connectivity index (χ1) is 17.0. The van der Waals surface area contributed by atoms with Gasteiger partial charge in [-0.05, 0) is 60.3 Å². The summed E-state index contributed by atoms with van der Waals surface area (Å²) >= 11 is 5.21. The maximum absolute atomic E-state index is 13.4. The lowest BCUT2D eigenvalue weighted by atomic mass is 10.1. The van der Waals surface area contributed by atoms with Crippen LogP contribution in [0.3, 0.4) is 0 Å². The maximum atomic E-state index is 13.4. The molecule has 4 aromatic rings. The minimum Gasteiger partial charge on any atom is -0.342 e. The molecule has 8 heteroatoms. The number of nitriles is 1. The van der Waals surface area contributed by atoms with Gasteiger partial charge >= 0.3 is 0 Å². The van der Waals surface area contributed by atoms with Crippen molar-refractivity contribution in [3.05, 3.63) is 107 Å². The second kappa shape index (κ2) is 8.97. The molecule has 35 heavy (non-hydrogen) atoms. The molecule has 2 heterocycles. The van der Waals surface area contributed by atoms with Gasteiger partial charge in [-0.1, -0.05) is 36.4 Å². The molecule has 1 aromatic heterocycles. The molecule has 0 atom stereocenters. The fourth-order valence-electron chi connectivity index (χ4n) is 4.11. The number of fused-ring (bicyclic) bond motifs is 1. The quantitative estimate of drug-likeness (QED) is 0.264. The van der Waals surface area contributed by atoms with Crippen LogP contribution in [-0.2, 0) is 16.1 Å². The summed E-state index contributed by atoms with van der Waals surface area (Å²) in [5, 5.41) is 12.8. The smallest absolute Gasteiger partial charge is 0.270 e. The van der Waals surface area contributed by atoms with Crippen molar-refractivity contribution in [3.63, 3.8) is 0 Å².